The molecule has 0 saturated heterocycles. The molecule has 0 fully saturated rings. The predicted octanol–water partition coefficient (Wildman–Crippen LogP) is 2.36. The van der Waals surface area contributed by atoms with Crippen molar-refractivity contribution < 1.29 is 27.5 Å². The fraction of sp³-hybridized carbons (Fsp3) is 0.529. The number of sulfonamides is 1. The number of ether oxygens (including phenoxy) is 2. The van der Waals surface area contributed by atoms with Crippen LogP contribution < -0.4 is 4.72 Å². The first-order valence-electron chi connectivity index (χ1n) is 7.94. The minimum Gasteiger partial charge on any atom is -0.465 e. The third-order valence-corrected chi connectivity index (χ3v) is 5.16. The van der Waals surface area contributed by atoms with Crippen LogP contribution in [-0.4, -0.2) is 40.6 Å². The highest BCUT2D eigenvalue weighted by molar-refractivity contribution is 7.89. The molecule has 0 heterocycles. The third kappa shape index (κ3) is 6.13. The number of hydrogen-bond donors (Lipinski definition) is 1. The van der Waals surface area contributed by atoms with Crippen LogP contribution in [0.25, 0.3) is 0 Å². The van der Waals surface area contributed by atoms with Crippen molar-refractivity contribution in [2.24, 2.45) is 5.92 Å². The van der Waals surface area contributed by atoms with E-state index >= 15 is 0 Å². The average Bonchev–Trinajstić information content (AvgIpc) is 2.57. The maximum absolute atomic E-state index is 12.6. The molecule has 1 rings (SSSR count). The molecule has 0 bridgehead atoms. The smallest absolute Gasteiger partial charge is 0.337 e. The lowest BCUT2D eigenvalue weighted by Gasteiger charge is -2.16. The Bertz CT molecular complexity index is 692. The van der Waals surface area contributed by atoms with Gasteiger partial charge in [-0.15, -0.1) is 0 Å². The van der Waals surface area contributed by atoms with Crippen molar-refractivity contribution in [3.63, 3.8) is 0 Å². The minimum atomic E-state index is -3.90. The lowest BCUT2D eigenvalue weighted by Crippen LogP contribution is -2.33. The first-order chi connectivity index (χ1) is 11.6. The molecule has 0 aliphatic rings. The van der Waals surface area contributed by atoms with Crippen LogP contribution in [0.5, 0.6) is 0 Å². The Morgan fingerprint density at radius 1 is 0.960 bits per heavy atom. The summed E-state index contributed by atoms with van der Waals surface area (Å²) in [7, 11) is -1.55. The molecule has 25 heavy (non-hydrogen) atoms. The zero-order chi connectivity index (χ0) is 19.2. The predicted molar refractivity (Wildman–Crippen MR) is 93.0 cm³/mol. The quantitative estimate of drug-likeness (QED) is 0.704. The van der Waals surface area contributed by atoms with Gasteiger partial charge in [-0.25, -0.2) is 22.7 Å². The molecule has 0 aliphatic carbocycles. The summed E-state index contributed by atoms with van der Waals surface area (Å²) >= 11 is 0. The third-order valence-electron chi connectivity index (χ3n) is 3.59. The number of nitrogens with one attached hydrogen (secondary N) is 1. The van der Waals surface area contributed by atoms with Gasteiger partial charge in [0.25, 0.3) is 0 Å². The second-order valence-electron chi connectivity index (χ2n) is 6.22. The van der Waals surface area contributed by atoms with Gasteiger partial charge in [0.05, 0.1) is 30.2 Å². The van der Waals surface area contributed by atoms with Crippen molar-refractivity contribution in [3.05, 3.63) is 29.3 Å². The van der Waals surface area contributed by atoms with Crippen LogP contribution >= 0.6 is 0 Å². The van der Waals surface area contributed by atoms with Gasteiger partial charge in [0.15, 0.2) is 0 Å². The van der Waals surface area contributed by atoms with E-state index in [0.717, 1.165) is 6.42 Å². The molecule has 7 nitrogen and oxygen atoms in total. The van der Waals surface area contributed by atoms with Gasteiger partial charge in [-0.05, 0) is 43.9 Å². The zero-order valence-electron chi connectivity index (χ0n) is 15.2. The van der Waals surface area contributed by atoms with Crippen LogP contribution in [0, 0.1) is 5.92 Å². The van der Waals surface area contributed by atoms with E-state index < -0.39 is 22.0 Å². The molecule has 1 atom stereocenters. The van der Waals surface area contributed by atoms with Crippen LogP contribution in [0.3, 0.4) is 0 Å². The fourth-order valence-corrected chi connectivity index (χ4v) is 3.55. The van der Waals surface area contributed by atoms with Gasteiger partial charge in [0.1, 0.15) is 0 Å². The topological polar surface area (TPSA) is 98.8 Å². The van der Waals surface area contributed by atoms with E-state index in [1.807, 2.05) is 0 Å². The first kappa shape index (κ1) is 21.1. The molecule has 0 aromatic heterocycles. The van der Waals surface area contributed by atoms with Crippen LogP contribution in [-0.2, 0) is 19.5 Å². The summed E-state index contributed by atoms with van der Waals surface area (Å²) in [5, 5.41) is 0. The van der Waals surface area contributed by atoms with E-state index in [4.69, 9.17) is 0 Å². The Balaban J connectivity index is 3.20. The molecular weight excluding hydrogens is 346 g/mol. The van der Waals surface area contributed by atoms with Gasteiger partial charge in [-0.1, -0.05) is 13.8 Å². The van der Waals surface area contributed by atoms with E-state index in [-0.39, 0.29) is 22.1 Å². The van der Waals surface area contributed by atoms with Gasteiger partial charge in [0, 0.05) is 6.04 Å². The second-order valence-corrected chi connectivity index (χ2v) is 7.94. The Kier molecular flexibility index (Phi) is 7.57. The molecule has 8 heteroatoms. The average molecular weight is 371 g/mol. The Morgan fingerprint density at radius 2 is 1.44 bits per heavy atom. The summed E-state index contributed by atoms with van der Waals surface area (Å²) < 4.78 is 37.0. The summed E-state index contributed by atoms with van der Waals surface area (Å²) in [6.45, 7) is 5.89. The maximum atomic E-state index is 12.6. The van der Waals surface area contributed by atoms with E-state index in [2.05, 4.69) is 28.0 Å². The molecule has 0 aliphatic heterocycles. The SMILES string of the molecule is COC(=O)c1cc(C(=O)OC)cc(S(=O)(=O)NC(C)CCC(C)C)c1. The summed E-state index contributed by atoms with van der Waals surface area (Å²) in [6, 6.07) is 3.31. The van der Waals surface area contributed by atoms with Crippen molar-refractivity contribution >= 4 is 22.0 Å². The molecule has 0 amide bonds. The van der Waals surface area contributed by atoms with Crippen molar-refractivity contribution in [3.8, 4) is 0 Å². The largest absolute Gasteiger partial charge is 0.465 e. The maximum Gasteiger partial charge on any atom is 0.337 e. The molecule has 1 aromatic rings. The lowest BCUT2D eigenvalue weighted by atomic mass is 10.1. The van der Waals surface area contributed by atoms with Crippen LogP contribution in [0.4, 0.5) is 0 Å². The lowest BCUT2D eigenvalue weighted by molar-refractivity contribution is 0.0598. The van der Waals surface area contributed by atoms with Gasteiger partial charge in [0.2, 0.25) is 10.0 Å². The molecule has 140 valence electrons. The van der Waals surface area contributed by atoms with Crippen molar-refractivity contribution in [2.45, 2.75) is 44.6 Å². The van der Waals surface area contributed by atoms with Crippen molar-refractivity contribution in [1.82, 2.24) is 4.72 Å². The van der Waals surface area contributed by atoms with E-state index in [1.54, 1.807) is 6.92 Å². The van der Waals surface area contributed by atoms with Gasteiger partial charge in [-0.3, -0.25) is 0 Å². The van der Waals surface area contributed by atoms with Crippen LogP contribution in [0.15, 0.2) is 23.1 Å². The molecule has 0 spiro atoms. The summed E-state index contributed by atoms with van der Waals surface area (Å²) in [5.41, 5.74) is -0.0822. The highest BCUT2D eigenvalue weighted by Gasteiger charge is 2.22. The van der Waals surface area contributed by atoms with E-state index in [1.165, 1.54) is 32.4 Å². The van der Waals surface area contributed by atoms with Gasteiger partial charge < -0.3 is 9.47 Å². The number of carbonyl (C=O) groups excluding carboxylic acids is 2. The fourth-order valence-electron chi connectivity index (χ4n) is 2.20. The highest BCUT2D eigenvalue weighted by Crippen LogP contribution is 2.18. The van der Waals surface area contributed by atoms with Crippen LogP contribution in [0.1, 0.15) is 54.3 Å². The number of hydrogen-bond acceptors (Lipinski definition) is 6. The number of methoxy groups -OCH3 is 2. The molecule has 1 N–H and O–H groups in total. The summed E-state index contributed by atoms with van der Waals surface area (Å²) in [5.74, 6) is -1.02. The second kappa shape index (κ2) is 8.96. The van der Waals surface area contributed by atoms with Crippen molar-refractivity contribution in [2.75, 3.05) is 14.2 Å². The number of benzene rings is 1. The van der Waals surface area contributed by atoms with Crippen molar-refractivity contribution in [1.29, 1.82) is 0 Å². The summed E-state index contributed by atoms with van der Waals surface area (Å²) in [6.07, 6.45) is 1.55. The van der Waals surface area contributed by atoms with Crippen LogP contribution in [0.2, 0.25) is 0 Å². The zero-order valence-corrected chi connectivity index (χ0v) is 16.0. The standard InChI is InChI=1S/C17H25NO6S/c1-11(2)6-7-12(3)18-25(21,22)15-9-13(16(19)23-4)8-14(10-15)17(20)24-5/h8-12,18H,6-7H2,1-5H3. The molecule has 0 saturated carbocycles. The van der Waals surface area contributed by atoms with Gasteiger partial charge >= 0.3 is 11.9 Å². The van der Waals surface area contributed by atoms with E-state index in [9.17, 15) is 18.0 Å². The minimum absolute atomic E-state index is 0.0411. The number of carbonyl (C=O) groups is 2. The number of rotatable bonds is 8. The number of esters is 2. The molecule has 1 unspecified atom stereocenters. The molecule has 1 aromatic carbocycles. The first-order valence-corrected chi connectivity index (χ1v) is 9.43. The molecular formula is C17H25NO6S. The Morgan fingerprint density at radius 3 is 1.84 bits per heavy atom. The van der Waals surface area contributed by atoms with E-state index in [0.29, 0.717) is 12.3 Å². The normalized spacial score (nSPS) is 12.7. The Labute approximate surface area is 148 Å². The highest BCUT2D eigenvalue weighted by atomic mass is 32.2. The molecule has 0 radical (unpaired) electrons. The van der Waals surface area contributed by atoms with Gasteiger partial charge in [-0.2, -0.15) is 0 Å². The Hall–Kier alpha value is -1.93. The monoisotopic (exact) mass is 371 g/mol. The summed E-state index contributed by atoms with van der Waals surface area (Å²) in [4.78, 5) is 23.3.